The number of hydrogen-bond acceptors (Lipinski definition) is 4. The van der Waals surface area contributed by atoms with Crippen molar-refractivity contribution in [2.24, 2.45) is 0 Å². The molecular weight excluding hydrogens is 268 g/mol. The minimum Gasteiger partial charge on any atom is -0.496 e. The summed E-state index contributed by atoms with van der Waals surface area (Å²) >= 11 is 5.89. The maximum absolute atomic E-state index is 12.0. The smallest absolute Gasteiger partial charge is 0.255 e. The van der Waals surface area contributed by atoms with Gasteiger partial charge in [-0.1, -0.05) is 24.9 Å². The molecule has 0 saturated heterocycles. The van der Waals surface area contributed by atoms with Gasteiger partial charge in [-0.2, -0.15) is 0 Å². The molecule has 1 aromatic carbocycles. The summed E-state index contributed by atoms with van der Waals surface area (Å²) in [6.45, 7) is 2.16. The van der Waals surface area contributed by atoms with E-state index in [0.29, 0.717) is 28.4 Å². The molecule has 6 heteroatoms. The molecule has 4 N–H and O–H groups in total. The van der Waals surface area contributed by atoms with Crippen LogP contribution in [0.3, 0.4) is 0 Å². The van der Waals surface area contributed by atoms with Crippen LogP contribution in [0.4, 0.5) is 5.69 Å². The molecule has 0 aliphatic heterocycles. The number of anilines is 1. The normalized spacial score (nSPS) is 12.0. The highest BCUT2D eigenvalue weighted by atomic mass is 35.5. The van der Waals surface area contributed by atoms with Gasteiger partial charge in [0.25, 0.3) is 5.91 Å². The van der Waals surface area contributed by atoms with Crippen molar-refractivity contribution in [2.75, 3.05) is 19.4 Å². The number of nitrogens with one attached hydrogen (secondary N) is 1. The predicted molar refractivity (Wildman–Crippen MR) is 75.7 cm³/mol. The number of carbonyl (C=O) groups is 1. The van der Waals surface area contributed by atoms with Gasteiger partial charge in [0.1, 0.15) is 5.75 Å². The second-order valence-corrected chi connectivity index (χ2v) is 4.63. The van der Waals surface area contributed by atoms with Crippen LogP contribution in [-0.2, 0) is 0 Å². The van der Waals surface area contributed by atoms with Gasteiger partial charge in [-0.25, -0.2) is 0 Å². The van der Waals surface area contributed by atoms with Crippen LogP contribution in [0.2, 0.25) is 5.02 Å². The van der Waals surface area contributed by atoms with E-state index in [1.807, 2.05) is 6.92 Å². The van der Waals surface area contributed by atoms with Crippen LogP contribution in [0.15, 0.2) is 12.1 Å². The highest BCUT2D eigenvalue weighted by molar-refractivity contribution is 6.33. The monoisotopic (exact) mass is 286 g/mol. The summed E-state index contributed by atoms with van der Waals surface area (Å²) in [7, 11) is 1.45. The van der Waals surface area contributed by atoms with Crippen molar-refractivity contribution in [1.29, 1.82) is 0 Å². The van der Waals surface area contributed by atoms with Gasteiger partial charge in [0.2, 0.25) is 0 Å². The van der Waals surface area contributed by atoms with E-state index >= 15 is 0 Å². The summed E-state index contributed by atoms with van der Waals surface area (Å²) in [5, 5.41) is 12.5. The highest BCUT2D eigenvalue weighted by Gasteiger charge is 2.15. The number of methoxy groups -OCH3 is 1. The molecule has 1 amide bonds. The summed E-state index contributed by atoms with van der Waals surface area (Å²) in [6.07, 6.45) is 0.942. The third kappa shape index (κ3) is 4.29. The Morgan fingerprint density at radius 3 is 2.84 bits per heavy atom. The Hall–Kier alpha value is -1.46. The molecule has 1 rings (SSSR count). The van der Waals surface area contributed by atoms with Crippen molar-refractivity contribution < 1.29 is 14.6 Å². The van der Waals surface area contributed by atoms with Gasteiger partial charge in [-0.3, -0.25) is 4.79 Å². The van der Waals surface area contributed by atoms with Crippen molar-refractivity contribution in [3.05, 3.63) is 22.7 Å². The van der Waals surface area contributed by atoms with E-state index < -0.39 is 6.10 Å². The minimum absolute atomic E-state index is 0.192. The molecule has 0 aliphatic carbocycles. The van der Waals surface area contributed by atoms with Crippen molar-refractivity contribution in [1.82, 2.24) is 5.32 Å². The van der Waals surface area contributed by atoms with Crippen LogP contribution in [0.5, 0.6) is 5.75 Å². The zero-order valence-corrected chi connectivity index (χ0v) is 11.8. The highest BCUT2D eigenvalue weighted by Crippen LogP contribution is 2.28. The van der Waals surface area contributed by atoms with Gasteiger partial charge in [-0.05, 0) is 12.5 Å². The zero-order chi connectivity index (χ0) is 14.4. The van der Waals surface area contributed by atoms with Crippen molar-refractivity contribution in [2.45, 2.75) is 25.9 Å². The number of ether oxygens (including phenoxy) is 1. The number of nitrogens with two attached hydrogens (primary N) is 1. The molecule has 1 aromatic rings. The third-order valence-corrected chi connectivity index (χ3v) is 3.01. The standard InChI is InChI=1S/C13H19ClN2O3/c1-3-4-8(17)7-16-13(18)9-5-10(14)11(15)6-12(9)19-2/h5-6,8,17H,3-4,7,15H2,1-2H3,(H,16,18). The predicted octanol–water partition coefficient (Wildman–Crippen LogP) is 1.82. The van der Waals surface area contributed by atoms with E-state index in [2.05, 4.69) is 5.32 Å². The van der Waals surface area contributed by atoms with Crippen LogP contribution in [0.25, 0.3) is 0 Å². The number of benzene rings is 1. The summed E-state index contributed by atoms with van der Waals surface area (Å²) in [5.74, 6) is -0.00159. The Morgan fingerprint density at radius 2 is 2.26 bits per heavy atom. The molecule has 0 heterocycles. The second-order valence-electron chi connectivity index (χ2n) is 4.23. The van der Waals surface area contributed by atoms with Crippen LogP contribution < -0.4 is 15.8 Å². The molecule has 19 heavy (non-hydrogen) atoms. The number of aliphatic hydroxyl groups excluding tert-OH is 1. The van der Waals surface area contributed by atoms with E-state index in [1.54, 1.807) is 0 Å². The fourth-order valence-electron chi connectivity index (χ4n) is 1.66. The second kappa shape index (κ2) is 7.21. The molecule has 106 valence electrons. The number of carbonyl (C=O) groups excluding carboxylic acids is 1. The van der Waals surface area contributed by atoms with Gasteiger partial charge >= 0.3 is 0 Å². The third-order valence-electron chi connectivity index (χ3n) is 2.68. The number of rotatable bonds is 6. The first-order valence-corrected chi connectivity index (χ1v) is 6.46. The van der Waals surface area contributed by atoms with Crippen LogP contribution in [0, 0.1) is 0 Å². The van der Waals surface area contributed by atoms with Gasteiger partial charge in [0, 0.05) is 12.6 Å². The SMILES string of the molecule is CCCC(O)CNC(=O)c1cc(Cl)c(N)cc1OC. The number of amides is 1. The maximum Gasteiger partial charge on any atom is 0.255 e. The van der Waals surface area contributed by atoms with Crippen LogP contribution in [-0.4, -0.2) is 30.8 Å². The summed E-state index contributed by atoms with van der Waals surface area (Å²) in [4.78, 5) is 12.0. The average molecular weight is 287 g/mol. The topological polar surface area (TPSA) is 84.6 Å². The lowest BCUT2D eigenvalue weighted by molar-refractivity contribution is 0.0907. The van der Waals surface area contributed by atoms with Crippen molar-refractivity contribution >= 4 is 23.2 Å². The van der Waals surface area contributed by atoms with Crippen LogP contribution >= 0.6 is 11.6 Å². The van der Waals surface area contributed by atoms with E-state index in [9.17, 15) is 9.90 Å². The molecule has 0 aromatic heterocycles. The summed E-state index contributed by atoms with van der Waals surface area (Å²) in [6, 6.07) is 2.96. The molecule has 1 unspecified atom stereocenters. The van der Waals surface area contributed by atoms with E-state index in [1.165, 1.54) is 19.2 Å². The molecular formula is C13H19ClN2O3. The average Bonchev–Trinajstić information content (AvgIpc) is 2.39. The first kappa shape index (κ1) is 15.6. The molecule has 0 bridgehead atoms. The van der Waals surface area contributed by atoms with Crippen LogP contribution in [0.1, 0.15) is 30.1 Å². The first-order chi connectivity index (χ1) is 8.99. The van der Waals surface area contributed by atoms with E-state index in [0.717, 1.165) is 6.42 Å². The van der Waals surface area contributed by atoms with E-state index in [4.69, 9.17) is 22.1 Å². The molecule has 1 atom stereocenters. The number of nitrogen functional groups attached to an aromatic ring is 1. The van der Waals surface area contributed by atoms with Crippen molar-refractivity contribution in [3.63, 3.8) is 0 Å². The molecule has 0 saturated carbocycles. The molecule has 0 spiro atoms. The number of hydrogen-bond donors (Lipinski definition) is 3. The number of halogens is 1. The molecule has 0 aliphatic rings. The minimum atomic E-state index is -0.552. The van der Waals surface area contributed by atoms with Gasteiger partial charge in [-0.15, -0.1) is 0 Å². The lowest BCUT2D eigenvalue weighted by atomic mass is 10.1. The fraction of sp³-hybridized carbons (Fsp3) is 0.462. The van der Waals surface area contributed by atoms with E-state index in [-0.39, 0.29) is 12.5 Å². The quantitative estimate of drug-likeness (QED) is 0.697. The lowest BCUT2D eigenvalue weighted by Crippen LogP contribution is -2.32. The summed E-state index contributed by atoms with van der Waals surface area (Å²) < 4.78 is 5.09. The lowest BCUT2D eigenvalue weighted by Gasteiger charge is -2.13. The zero-order valence-electron chi connectivity index (χ0n) is 11.1. The Kier molecular flexibility index (Phi) is 5.92. The van der Waals surface area contributed by atoms with Crippen molar-refractivity contribution in [3.8, 4) is 5.75 Å². The van der Waals surface area contributed by atoms with Gasteiger partial charge in [0.15, 0.2) is 0 Å². The maximum atomic E-state index is 12.0. The number of aliphatic hydroxyl groups is 1. The molecule has 5 nitrogen and oxygen atoms in total. The summed E-state index contributed by atoms with van der Waals surface area (Å²) in [5.41, 5.74) is 6.29. The molecule has 0 radical (unpaired) electrons. The largest absolute Gasteiger partial charge is 0.496 e. The van der Waals surface area contributed by atoms with Gasteiger partial charge < -0.3 is 20.9 Å². The Morgan fingerprint density at radius 1 is 1.58 bits per heavy atom. The first-order valence-electron chi connectivity index (χ1n) is 6.08. The Labute approximate surface area is 117 Å². The fourth-order valence-corrected chi connectivity index (χ4v) is 1.82. The Balaban J connectivity index is 2.79. The van der Waals surface area contributed by atoms with Gasteiger partial charge in [0.05, 0.1) is 29.5 Å². The Bertz CT molecular complexity index is 452. The molecule has 0 fully saturated rings.